The van der Waals surface area contributed by atoms with Gasteiger partial charge in [-0.15, -0.1) is 0 Å². The fourth-order valence-corrected chi connectivity index (χ4v) is 8.77. The van der Waals surface area contributed by atoms with Crippen LogP contribution in [0.4, 0.5) is 0 Å². The summed E-state index contributed by atoms with van der Waals surface area (Å²) in [6, 6.07) is 26.6. The molecule has 8 nitrogen and oxygen atoms in total. The van der Waals surface area contributed by atoms with Gasteiger partial charge in [0.15, 0.2) is 23.0 Å². The van der Waals surface area contributed by atoms with Crippen molar-refractivity contribution in [2.24, 2.45) is 0 Å². The molecule has 0 amide bonds. The van der Waals surface area contributed by atoms with Crippen LogP contribution in [-0.4, -0.2) is 91.9 Å². The summed E-state index contributed by atoms with van der Waals surface area (Å²) >= 11 is 0. The Labute approximate surface area is 311 Å². The SMILES string of the molecule is COc1ccc(C[C@H]2c3cc(OC)c(OC)cc3CC[N+]2(C)CCCC[N+]2(C)CCc3cc(OC)c(OC)cc3[C@@H]2Cc2ccc(OC)cc2)cc1. The number of nitrogens with zero attached hydrogens (tertiary/aromatic N) is 2. The van der Waals surface area contributed by atoms with E-state index in [0.717, 1.165) is 108 Å². The number of unbranched alkanes of at least 4 members (excludes halogenated alkanes) is 1. The summed E-state index contributed by atoms with van der Waals surface area (Å²) in [4.78, 5) is 0. The Kier molecular flexibility index (Phi) is 11.6. The number of likely N-dealkylation sites (N-methyl/N-ethyl adjacent to an activating group) is 2. The first-order chi connectivity index (χ1) is 25.2. The highest BCUT2D eigenvalue weighted by molar-refractivity contribution is 5.50. The van der Waals surface area contributed by atoms with E-state index in [9.17, 15) is 0 Å². The number of methoxy groups -OCH3 is 6. The van der Waals surface area contributed by atoms with E-state index in [1.165, 1.54) is 33.4 Å². The van der Waals surface area contributed by atoms with Crippen LogP contribution in [0.2, 0.25) is 0 Å². The van der Waals surface area contributed by atoms with Gasteiger partial charge in [-0.25, -0.2) is 0 Å². The van der Waals surface area contributed by atoms with Crippen molar-refractivity contribution in [2.45, 2.75) is 50.6 Å². The summed E-state index contributed by atoms with van der Waals surface area (Å²) in [5.74, 6) is 4.98. The highest BCUT2D eigenvalue weighted by Crippen LogP contribution is 2.45. The summed E-state index contributed by atoms with van der Waals surface area (Å²) in [5.41, 5.74) is 8.11. The monoisotopic (exact) mass is 710 g/mol. The Balaban J connectivity index is 1.24. The Hall–Kier alpha value is -4.40. The molecule has 0 spiro atoms. The second-order valence-corrected chi connectivity index (χ2v) is 15.0. The zero-order valence-corrected chi connectivity index (χ0v) is 32.5. The second-order valence-electron chi connectivity index (χ2n) is 15.0. The van der Waals surface area contributed by atoms with E-state index in [0.29, 0.717) is 12.1 Å². The highest BCUT2D eigenvalue weighted by atomic mass is 16.5. The predicted molar refractivity (Wildman–Crippen MR) is 206 cm³/mol. The van der Waals surface area contributed by atoms with Crippen molar-refractivity contribution < 1.29 is 37.4 Å². The molecular formula is C44H58N2O6+2. The molecule has 0 bridgehead atoms. The van der Waals surface area contributed by atoms with Gasteiger partial charge in [0.2, 0.25) is 0 Å². The lowest BCUT2D eigenvalue weighted by molar-refractivity contribution is -0.947. The van der Waals surface area contributed by atoms with Gasteiger partial charge >= 0.3 is 0 Å². The first-order valence-corrected chi connectivity index (χ1v) is 18.6. The zero-order valence-electron chi connectivity index (χ0n) is 32.5. The molecule has 52 heavy (non-hydrogen) atoms. The van der Waals surface area contributed by atoms with Gasteiger partial charge in [-0.1, -0.05) is 24.3 Å². The largest absolute Gasteiger partial charge is 0.497 e. The molecule has 4 aromatic carbocycles. The van der Waals surface area contributed by atoms with Crippen molar-refractivity contribution in [1.29, 1.82) is 0 Å². The standard InChI is InChI=1S/C44H58N2O6/c1-45(23-19-33-27-41(49-5)43(51-7)29-37(33)39(45)25-31-11-15-35(47-3)16-12-31)21-9-10-22-46(2)24-20-34-28-42(50-6)44(52-8)30-38(34)40(46)26-32-13-17-36(48-4)18-14-32/h11-18,27-30,39-40H,9-10,19-26H2,1-8H3/q+2/t39-,40-,45?,46?/m0/s1. The van der Waals surface area contributed by atoms with Crippen molar-refractivity contribution in [3.8, 4) is 34.5 Å². The van der Waals surface area contributed by atoms with Crippen LogP contribution >= 0.6 is 0 Å². The van der Waals surface area contributed by atoms with E-state index in [4.69, 9.17) is 28.4 Å². The molecule has 6 rings (SSSR count). The average molecular weight is 711 g/mol. The smallest absolute Gasteiger partial charge is 0.161 e. The Morgan fingerprint density at radius 3 is 1.15 bits per heavy atom. The number of hydrogen-bond donors (Lipinski definition) is 0. The maximum atomic E-state index is 5.82. The first kappa shape index (κ1) is 37.4. The van der Waals surface area contributed by atoms with Crippen LogP contribution in [0.25, 0.3) is 0 Å². The molecule has 0 aliphatic carbocycles. The number of benzene rings is 4. The van der Waals surface area contributed by atoms with Gasteiger partial charge in [0.25, 0.3) is 0 Å². The normalized spacial score (nSPS) is 22.2. The van der Waals surface area contributed by atoms with Gasteiger partial charge in [0.1, 0.15) is 23.6 Å². The number of fused-ring (bicyclic) bond motifs is 2. The lowest BCUT2D eigenvalue weighted by atomic mass is 9.85. The quantitative estimate of drug-likeness (QED) is 0.0928. The molecule has 4 aromatic rings. The van der Waals surface area contributed by atoms with Crippen molar-refractivity contribution in [1.82, 2.24) is 0 Å². The van der Waals surface area contributed by atoms with E-state index in [-0.39, 0.29) is 0 Å². The summed E-state index contributed by atoms with van der Waals surface area (Å²) in [6.07, 6.45) is 6.24. The lowest BCUT2D eigenvalue weighted by Gasteiger charge is -2.47. The van der Waals surface area contributed by atoms with Gasteiger partial charge in [-0.3, -0.25) is 0 Å². The van der Waals surface area contributed by atoms with Gasteiger partial charge in [-0.2, -0.15) is 0 Å². The summed E-state index contributed by atoms with van der Waals surface area (Å²) in [7, 11) is 15.3. The van der Waals surface area contributed by atoms with E-state index >= 15 is 0 Å². The van der Waals surface area contributed by atoms with E-state index in [1.54, 1.807) is 42.7 Å². The Bertz CT molecular complexity index is 1680. The van der Waals surface area contributed by atoms with Gasteiger partial charge < -0.3 is 37.4 Å². The second kappa shape index (κ2) is 16.1. The molecule has 4 atom stereocenters. The Morgan fingerprint density at radius 1 is 0.481 bits per heavy atom. The third-order valence-corrected chi connectivity index (χ3v) is 12.1. The van der Waals surface area contributed by atoms with Crippen LogP contribution in [0, 0.1) is 0 Å². The number of quaternary nitrogens is 2. The number of ether oxygens (including phenoxy) is 6. The topological polar surface area (TPSA) is 55.4 Å². The molecule has 0 N–H and O–H groups in total. The van der Waals surface area contributed by atoms with Crippen LogP contribution in [-0.2, 0) is 25.7 Å². The molecular weight excluding hydrogens is 652 g/mol. The van der Waals surface area contributed by atoms with Crippen LogP contribution in [0.5, 0.6) is 34.5 Å². The molecule has 2 aliphatic rings. The third kappa shape index (κ3) is 7.69. The third-order valence-electron chi connectivity index (χ3n) is 12.1. The fraction of sp³-hybridized carbons (Fsp3) is 0.455. The fourth-order valence-electron chi connectivity index (χ4n) is 8.77. The van der Waals surface area contributed by atoms with Crippen LogP contribution in [0.1, 0.15) is 58.3 Å². The molecule has 278 valence electrons. The molecule has 0 aromatic heterocycles. The van der Waals surface area contributed by atoms with Crippen LogP contribution < -0.4 is 28.4 Å². The van der Waals surface area contributed by atoms with E-state index < -0.39 is 0 Å². The molecule has 0 radical (unpaired) electrons. The molecule has 8 heteroatoms. The maximum absolute atomic E-state index is 5.82. The molecule has 0 saturated heterocycles. The maximum Gasteiger partial charge on any atom is 0.161 e. The number of hydrogen-bond acceptors (Lipinski definition) is 6. The van der Waals surface area contributed by atoms with Gasteiger partial charge in [-0.05, 0) is 70.8 Å². The summed E-state index contributed by atoms with van der Waals surface area (Å²) in [5, 5.41) is 0. The highest BCUT2D eigenvalue weighted by Gasteiger charge is 2.42. The number of rotatable bonds is 15. The Morgan fingerprint density at radius 2 is 0.827 bits per heavy atom. The minimum atomic E-state index is 0.300. The summed E-state index contributed by atoms with van der Waals surface area (Å²) < 4.78 is 36.0. The van der Waals surface area contributed by atoms with E-state index in [1.807, 2.05) is 0 Å². The van der Waals surface area contributed by atoms with Gasteiger partial charge in [0.05, 0.1) is 82.9 Å². The van der Waals surface area contributed by atoms with Gasteiger partial charge in [0, 0.05) is 49.7 Å². The molecule has 2 heterocycles. The van der Waals surface area contributed by atoms with Crippen molar-refractivity contribution in [3.63, 3.8) is 0 Å². The zero-order chi connectivity index (χ0) is 36.9. The van der Waals surface area contributed by atoms with Crippen LogP contribution in [0.15, 0.2) is 72.8 Å². The minimum Gasteiger partial charge on any atom is -0.497 e. The molecule has 0 fully saturated rings. The van der Waals surface area contributed by atoms with Crippen molar-refractivity contribution in [2.75, 3.05) is 82.9 Å². The summed E-state index contributed by atoms with van der Waals surface area (Å²) in [6.45, 7) is 4.40. The van der Waals surface area contributed by atoms with Crippen molar-refractivity contribution >= 4 is 0 Å². The molecule has 0 saturated carbocycles. The average Bonchev–Trinajstić information content (AvgIpc) is 3.18. The van der Waals surface area contributed by atoms with Crippen LogP contribution in [0.3, 0.4) is 0 Å². The van der Waals surface area contributed by atoms with Crippen molar-refractivity contribution in [3.05, 3.63) is 106 Å². The molecule has 2 unspecified atom stereocenters. The molecule has 2 aliphatic heterocycles. The predicted octanol–water partition coefficient (Wildman–Crippen LogP) is 7.79. The van der Waals surface area contributed by atoms with E-state index in [2.05, 4.69) is 86.9 Å². The lowest BCUT2D eigenvalue weighted by Crippen LogP contribution is -2.54. The first-order valence-electron chi connectivity index (χ1n) is 18.6. The minimum absolute atomic E-state index is 0.300.